The summed E-state index contributed by atoms with van der Waals surface area (Å²) in [5.74, 6) is 2.62. The van der Waals surface area contributed by atoms with Crippen LogP contribution in [0.4, 0.5) is 0 Å². The highest BCUT2D eigenvalue weighted by Gasteiger charge is 2.11. The molecule has 0 unspecified atom stereocenters. The summed E-state index contributed by atoms with van der Waals surface area (Å²) in [5.41, 5.74) is -0.110. The fourth-order valence-corrected chi connectivity index (χ4v) is 0.492. The van der Waals surface area contributed by atoms with E-state index in [4.69, 9.17) is 6.42 Å². The average molecular weight is 124 g/mol. The molecule has 0 aliphatic rings. The van der Waals surface area contributed by atoms with E-state index < -0.39 is 0 Å². The molecule has 50 valence electrons. The molecule has 1 nitrogen and oxygen atoms in total. The van der Waals surface area contributed by atoms with E-state index in [1.54, 1.807) is 0 Å². The molecule has 1 heteroatoms. The smallest absolute Gasteiger partial charge is 0.120 e. The molecule has 0 aromatic carbocycles. The van der Waals surface area contributed by atoms with Gasteiger partial charge in [0.1, 0.15) is 6.29 Å². The zero-order valence-corrected chi connectivity index (χ0v) is 5.98. The monoisotopic (exact) mass is 124 g/mol. The summed E-state index contributed by atoms with van der Waals surface area (Å²) in [7, 11) is 0. The Morgan fingerprint density at radius 1 is 1.67 bits per heavy atom. The zero-order chi connectivity index (χ0) is 7.33. The maximum absolute atomic E-state index is 9.90. The molecular weight excluding hydrogens is 112 g/mol. The largest absolute Gasteiger partial charge is 0.303 e. The third kappa shape index (κ3) is 3.78. The SMILES string of the molecule is C#CC(C)(C)CCC=O. The lowest BCUT2D eigenvalue weighted by Gasteiger charge is -2.13. The number of hydrogen-bond acceptors (Lipinski definition) is 1. The molecule has 0 amide bonds. The van der Waals surface area contributed by atoms with Crippen molar-refractivity contribution in [3.8, 4) is 12.3 Å². The van der Waals surface area contributed by atoms with Gasteiger partial charge in [-0.1, -0.05) is 0 Å². The second-order valence-electron chi connectivity index (χ2n) is 2.73. The highest BCUT2D eigenvalue weighted by Crippen LogP contribution is 2.19. The molecule has 0 spiro atoms. The van der Waals surface area contributed by atoms with E-state index in [0.29, 0.717) is 6.42 Å². The minimum atomic E-state index is -0.110. The lowest BCUT2D eigenvalue weighted by molar-refractivity contribution is -0.108. The normalized spacial score (nSPS) is 10.3. The van der Waals surface area contributed by atoms with Crippen LogP contribution in [0.1, 0.15) is 26.7 Å². The topological polar surface area (TPSA) is 17.1 Å². The molecule has 0 fully saturated rings. The van der Waals surface area contributed by atoms with E-state index >= 15 is 0 Å². The summed E-state index contributed by atoms with van der Waals surface area (Å²) < 4.78 is 0. The molecule has 0 atom stereocenters. The number of hydrogen-bond donors (Lipinski definition) is 0. The number of rotatable bonds is 3. The van der Waals surface area contributed by atoms with Crippen LogP contribution in [0.5, 0.6) is 0 Å². The quantitative estimate of drug-likeness (QED) is 0.413. The van der Waals surface area contributed by atoms with Crippen molar-refractivity contribution < 1.29 is 4.79 Å². The molecule has 0 heterocycles. The first-order valence-corrected chi connectivity index (χ1v) is 3.04. The third-order valence-electron chi connectivity index (χ3n) is 1.28. The lowest BCUT2D eigenvalue weighted by atomic mass is 9.89. The van der Waals surface area contributed by atoms with E-state index in [2.05, 4.69) is 5.92 Å². The van der Waals surface area contributed by atoms with Gasteiger partial charge in [0, 0.05) is 11.8 Å². The van der Waals surface area contributed by atoms with Crippen LogP contribution >= 0.6 is 0 Å². The molecule has 0 rings (SSSR count). The fourth-order valence-electron chi connectivity index (χ4n) is 0.492. The van der Waals surface area contributed by atoms with Crippen molar-refractivity contribution >= 4 is 6.29 Å². The van der Waals surface area contributed by atoms with E-state index in [9.17, 15) is 4.79 Å². The van der Waals surface area contributed by atoms with Gasteiger partial charge >= 0.3 is 0 Å². The fraction of sp³-hybridized carbons (Fsp3) is 0.625. The van der Waals surface area contributed by atoms with Crippen LogP contribution in [0, 0.1) is 17.8 Å². The predicted molar refractivity (Wildman–Crippen MR) is 37.9 cm³/mol. The van der Waals surface area contributed by atoms with Crippen molar-refractivity contribution in [2.45, 2.75) is 26.7 Å². The van der Waals surface area contributed by atoms with E-state index in [1.165, 1.54) is 0 Å². The summed E-state index contributed by atoms with van der Waals surface area (Å²) in [5, 5.41) is 0. The summed E-state index contributed by atoms with van der Waals surface area (Å²) in [6.07, 6.45) is 7.43. The van der Waals surface area contributed by atoms with Gasteiger partial charge in [0.2, 0.25) is 0 Å². The van der Waals surface area contributed by atoms with Gasteiger partial charge in [0.25, 0.3) is 0 Å². The van der Waals surface area contributed by atoms with Gasteiger partial charge in [-0.05, 0) is 20.3 Å². The highest BCUT2D eigenvalue weighted by molar-refractivity contribution is 5.49. The number of terminal acetylenes is 1. The van der Waals surface area contributed by atoms with Crippen molar-refractivity contribution in [2.24, 2.45) is 5.41 Å². The molecule has 0 aliphatic carbocycles. The Morgan fingerprint density at radius 2 is 2.22 bits per heavy atom. The number of carbonyl (C=O) groups is 1. The molecule has 0 saturated carbocycles. The minimum absolute atomic E-state index is 0.110. The van der Waals surface area contributed by atoms with Gasteiger partial charge in [-0.25, -0.2) is 0 Å². The molecule has 0 N–H and O–H groups in total. The van der Waals surface area contributed by atoms with Gasteiger partial charge in [-0.2, -0.15) is 0 Å². The molecule has 0 saturated heterocycles. The number of carbonyl (C=O) groups excluding carboxylic acids is 1. The lowest BCUT2D eigenvalue weighted by Crippen LogP contribution is -2.07. The van der Waals surface area contributed by atoms with Crippen LogP contribution in [-0.4, -0.2) is 6.29 Å². The standard InChI is InChI=1S/C8H12O/c1-4-8(2,3)6-5-7-9/h1,7H,5-6H2,2-3H3. The Hall–Kier alpha value is -0.770. The van der Waals surface area contributed by atoms with Gasteiger partial charge in [-0.15, -0.1) is 12.3 Å². The summed E-state index contributed by atoms with van der Waals surface area (Å²) in [4.78, 5) is 9.90. The second kappa shape index (κ2) is 3.29. The highest BCUT2D eigenvalue weighted by atomic mass is 16.1. The van der Waals surface area contributed by atoms with Gasteiger partial charge in [0.15, 0.2) is 0 Å². The van der Waals surface area contributed by atoms with Gasteiger partial charge in [0.05, 0.1) is 0 Å². The van der Waals surface area contributed by atoms with Crippen LogP contribution in [0.3, 0.4) is 0 Å². The van der Waals surface area contributed by atoms with Crippen molar-refractivity contribution in [2.75, 3.05) is 0 Å². The first kappa shape index (κ1) is 8.23. The second-order valence-corrected chi connectivity index (χ2v) is 2.73. The predicted octanol–water partition coefficient (Wildman–Crippen LogP) is 1.62. The Kier molecular flexibility index (Phi) is 3.01. The first-order valence-electron chi connectivity index (χ1n) is 3.04. The maximum atomic E-state index is 9.90. The molecule has 0 bridgehead atoms. The third-order valence-corrected chi connectivity index (χ3v) is 1.28. The average Bonchev–Trinajstić information content (AvgIpc) is 1.84. The van der Waals surface area contributed by atoms with Gasteiger partial charge in [-0.3, -0.25) is 0 Å². The van der Waals surface area contributed by atoms with Crippen LogP contribution in [0.15, 0.2) is 0 Å². The Morgan fingerprint density at radius 3 is 2.56 bits per heavy atom. The zero-order valence-electron chi connectivity index (χ0n) is 5.98. The Labute approximate surface area is 56.5 Å². The van der Waals surface area contributed by atoms with Crippen molar-refractivity contribution in [1.29, 1.82) is 0 Å². The van der Waals surface area contributed by atoms with Crippen LogP contribution in [0.2, 0.25) is 0 Å². The van der Waals surface area contributed by atoms with E-state index in [0.717, 1.165) is 12.7 Å². The summed E-state index contributed by atoms with van der Waals surface area (Å²) in [6, 6.07) is 0. The molecule has 0 aromatic rings. The summed E-state index contributed by atoms with van der Waals surface area (Å²) in [6.45, 7) is 3.91. The Balaban J connectivity index is 3.61. The Bertz CT molecular complexity index is 128. The molecule has 9 heavy (non-hydrogen) atoms. The first-order chi connectivity index (χ1) is 4.12. The van der Waals surface area contributed by atoms with E-state index in [1.807, 2.05) is 13.8 Å². The molecular formula is C8H12O. The van der Waals surface area contributed by atoms with Crippen molar-refractivity contribution in [3.63, 3.8) is 0 Å². The van der Waals surface area contributed by atoms with Crippen molar-refractivity contribution in [1.82, 2.24) is 0 Å². The van der Waals surface area contributed by atoms with Crippen LogP contribution < -0.4 is 0 Å². The van der Waals surface area contributed by atoms with Crippen molar-refractivity contribution in [3.05, 3.63) is 0 Å². The molecule has 0 aromatic heterocycles. The molecule has 0 radical (unpaired) electrons. The maximum Gasteiger partial charge on any atom is 0.120 e. The van der Waals surface area contributed by atoms with Gasteiger partial charge < -0.3 is 4.79 Å². The molecule has 0 aliphatic heterocycles. The minimum Gasteiger partial charge on any atom is -0.303 e. The number of aldehydes is 1. The summed E-state index contributed by atoms with van der Waals surface area (Å²) >= 11 is 0. The van der Waals surface area contributed by atoms with Crippen LogP contribution in [0.25, 0.3) is 0 Å². The van der Waals surface area contributed by atoms with E-state index in [-0.39, 0.29) is 5.41 Å². The van der Waals surface area contributed by atoms with Crippen LogP contribution in [-0.2, 0) is 4.79 Å².